The number of nitrogens with one attached hydrogen (secondary N) is 1. The minimum Gasteiger partial charge on any atom is -0.493 e. The van der Waals surface area contributed by atoms with Gasteiger partial charge in [-0.3, -0.25) is 4.79 Å². The Bertz CT molecular complexity index is 1050. The van der Waals surface area contributed by atoms with E-state index >= 15 is 0 Å². The first-order valence-electron chi connectivity index (χ1n) is 8.30. The van der Waals surface area contributed by atoms with E-state index in [0.717, 1.165) is 4.47 Å². The molecule has 6 nitrogen and oxygen atoms in total. The van der Waals surface area contributed by atoms with E-state index < -0.39 is 5.91 Å². The molecule has 1 heterocycles. The molecule has 2 aromatic carbocycles. The van der Waals surface area contributed by atoms with Crippen LogP contribution < -0.4 is 14.9 Å². The highest BCUT2D eigenvalue weighted by molar-refractivity contribution is 9.10. The second kappa shape index (κ2) is 9.82. The van der Waals surface area contributed by atoms with Crippen molar-refractivity contribution < 1.29 is 18.7 Å². The second-order valence-corrected chi connectivity index (χ2v) is 7.46. The Kier molecular flexibility index (Phi) is 7.19. The van der Waals surface area contributed by atoms with E-state index in [2.05, 4.69) is 26.5 Å². The topological polar surface area (TPSA) is 73.1 Å². The molecular weight excluding hydrogens is 483 g/mol. The summed E-state index contributed by atoms with van der Waals surface area (Å²) in [6.45, 7) is -0.223. The minimum absolute atomic E-state index is 0.223. The summed E-state index contributed by atoms with van der Waals surface area (Å²) in [7, 11) is 1.52. The minimum atomic E-state index is -0.432. The van der Waals surface area contributed by atoms with Crippen molar-refractivity contribution in [1.82, 2.24) is 5.43 Å². The fraction of sp³-hybridized carbons (Fsp3) is 0.100. The molecule has 0 radical (unpaired) electrons. The average Bonchev–Trinajstić information content (AvgIpc) is 3.15. The number of carbonyl (C=O) groups excluding carboxylic acids is 1. The van der Waals surface area contributed by atoms with Crippen molar-refractivity contribution in [3.05, 3.63) is 68.8 Å². The molecule has 0 saturated heterocycles. The first-order valence-corrected chi connectivity index (χ1v) is 9.84. The molecule has 29 heavy (non-hydrogen) atoms. The lowest BCUT2D eigenvalue weighted by molar-refractivity contribution is -0.123. The zero-order valence-corrected chi connectivity index (χ0v) is 18.2. The van der Waals surface area contributed by atoms with Crippen LogP contribution in [-0.4, -0.2) is 25.8 Å². The Morgan fingerprint density at radius 3 is 2.76 bits per heavy atom. The summed E-state index contributed by atoms with van der Waals surface area (Å²) in [5.74, 6) is 1.54. The van der Waals surface area contributed by atoms with Crippen LogP contribution in [0.25, 0.3) is 11.3 Å². The number of furan rings is 1. The third-order valence-corrected chi connectivity index (χ3v) is 4.73. The number of hydrogen-bond acceptors (Lipinski definition) is 5. The van der Waals surface area contributed by atoms with Crippen LogP contribution in [0.5, 0.6) is 11.5 Å². The summed E-state index contributed by atoms with van der Waals surface area (Å²) in [4.78, 5) is 11.9. The summed E-state index contributed by atoms with van der Waals surface area (Å²) >= 11 is 15.4. The summed E-state index contributed by atoms with van der Waals surface area (Å²) in [6.07, 6.45) is 1.38. The van der Waals surface area contributed by atoms with Gasteiger partial charge in [-0.05, 0) is 48.5 Å². The van der Waals surface area contributed by atoms with Gasteiger partial charge in [0.1, 0.15) is 11.5 Å². The molecule has 3 rings (SSSR count). The quantitative estimate of drug-likeness (QED) is 0.343. The number of nitrogens with zero attached hydrogens (tertiary/aromatic N) is 1. The summed E-state index contributed by atoms with van der Waals surface area (Å²) in [6, 6.07) is 13.8. The van der Waals surface area contributed by atoms with E-state index in [4.69, 9.17) is 37.1 Å². The number of amides is 1. The van der Waals surface area contributed by atoms with Gasteiger partial charge in [0.2, 0.25) is 0 Å². The van der Waals surface area contributed by atoms with Crippen LogP contribution >= 0.6 is 39.1 Å². The van der Waals surface area contributed by atoms with Crippen molar-refractivity contribution >= 4 is 51.3 Å². The molecule has 0 aliphatic carbocycles. The van der Waals surface area contributed by atoms with Crippen molar-refractivity contribution in [1.29, 1.82) is 0 Å². The lowest BCUT2D eigenvalue weighted by Crippen LogP contribution is -2.24. The lowest BCUT2D eigenvalue weighted by atomic mass is 10.2. The van der Waals surface area contributed by atoms with Crippen molar-refractivity contribution in [2.45, 2.75) is 0 Å². The van der Waals surface area contributed by atoms with Crippen molar-refractivity contribution in [3.8, 4) is 22.8 Å². The fourth-order valence-corrected chi connectivity index (χ4v) is 3.20. The van der Waals surface area contributed by atoms with Crippen LogP contribution in [0.2, 0.25) is 10.0 Å². The number of halogens is 3. The third kappa shape index (κ3) is 5.76. The van der Waals surface area contributed by atoms with Gasteiger partial charge in [0.25, 0.3) is 5.91 Å². The zero-order chi connectivity index (χ0) is 20.8. The van der Waals surface area contributed by atoms with Gasteiger partial charge in [0.05, 0.1) is 18.3 Å². The van der Waals surface area contributed by atoms with Crippen molar-refractivity contribution in [2.75, 3.05) is 13.7 Å². The van der Waals surface area contributed by atoms with Gasteiger partial charge >= 0.3 is 0 Å². The van der Waals surface area contributed by atoms with Crippen LogP contribution in [0.3, 0.4) is 0 Å². The lowest BCUT2D eigenvalue weighted by Gasteiger charge is -2.09. The summed E-state index contributed by atoms with van der Waals surface area (Å²) in [5.41, 5.74) is 3.08. The van der Waals surface area contributed by atoms with Crippen LogP contribution in [0.15, 0.2) is 62.5 Å². The highest BCUT2D eigenvalue weighted by Gasteiger charge is 2.09. The van der Waals surface area contributed by atoms with Crippen molar-refractivity contribution in [3.63, 3.8) is 0 Å². The number of rotatable bonds is 7. The number of ether oxygens (including phenoxy) is 2. The first-order chi connectivity index (χ1) is 14.0. The van der Waals surface area contributed by atoms with Gasteiger partial charge < -0.3 is 13.9 Å². The van der Waals surface area contributed by atoms with Gasteiger partial charge in [-0.2, -0.15) is 5.10 Å². The normalized spacial score (nSPS) is 10.9. The smallest absolute Gasteiger partial charge is 0.277 e. The second-order valence-electron chi connectivity index (χ2n) is 5.70. The average molecular weight is 498 g/mol. The van der Waals surface area contributed by atoms with Gasteiger partial charge in [-0.15, -0.1) is 0 Å². The van der Waals surface area contributed by atoms with E-state index in [-0.39, 0.29) is 6.61 Å². The molecule has 0 aliphatic rings. The zero-order valence-electron chi connectivity index (χ0n) is 15.1. The van der Waals surface area contributed by atoms with E-state index in [1.165, 1.54) is 13.3 Å². The largest absolute Gasteiger partial charge is 0.493 e. The SMILES string of the molecule is COc1cc(Br)ccc1OCC(=O)N/N=C\c1ccc(-c2ccc(Cl)cc2Cl)o1. The Balaban J connectivity index is 1.55. The van der Waals surface area contributed by atoms with E-state index in [1.807, 2.05) is 0 Å². The first kappa shape index (κ1) is 21.2. The number of benzene rings is 2. The summed E-state index contributed by atoms with van der Waals surface area (Å²) < 4.78 is 17.2. The van der Waals surface area contributed by atoms with Crippen LogP contribution in [0.1, 0.15) is 5.76 Å². The maximum Gasteiger partial charge on any atom is 0.277 e. The molecular formula is C20H15BrCl2N2O4. The number of hydrogen-bond donors (Lipinski definition) is 1. The standard InChI is InChI=1S/C20H15BrCl2N2O4/c1-27-19-8-12(21)2-6-18(19)28-11-20(26)25-24-10-14-4-7-17(29-14)15-5-3-13(22)9-16(15)23/h2-10H,11H2,1H3,(H,25,26)/b24-10-. The van der Waals surface area contributed by atoms with Gasteiger partial charge in [0.15, 0.2) is 18.1 Å². The van der Waals surface area contributed by atoms with Gasteiger partial charge in [-0.1, -0.05) is 39.1 Å². The molecule has 0 unspecified atom stereocenters. The Labute approximate surface area is 185 Å². The van der Waals surface area contributed by atoms with Crippen molar-refractivity contribution in [2.24, 2.45) is 5.10 Å². The maximum atomic E-state index is 11.9. The molecule has 0 spiro atoms. The Morgan fingerprint density at radius 2 is 2.00 bits per heavy atom. The molecule has 9 heteroatoms. The Hall–Kier alpha value is -2.48. The molecule has 150 valence electrons. The molecule has 0 bridgehead atoms. The van der Waals surface area contributed by atoms with E-state index in [9.17, 15) is 4.79 Å². The molecule has 0 saturated carbocycles. The van der Waals surface area contributed by atoms with Gasteiger partial charge in [0, 0.05) is 15.1 Å². The predicted octanol–water partition coefficient (Wildman–Crippen LogP) is 5.55. The van der Waals surface area contributed by atoms with Crippen LogP contribution in [0.4, 0.5) is 0 Å². The maximum absolute atomic E-state index is 11.9. The monoisotopic (exact) mass is 496 g/mol. The number of hydrazone groups is 1. The molecule has 0 atom stereocenters. The van der Waals surface area contributed by atoms with E-state index in [1.54, 1.807) is 48.5 Å². The highest BCUT2D eigenvalue weighted by atomic mass is 79.9. The molecule has 3 aromatic rings. The number of methoxy groups -OCH3 is 1. The molecule has 1 aromatic heterocycles. The van der Waals surface area contributed by atoms with Crippen LogP contribution in [-0.2, 0) is 4.79 Å². The fourth-order valence-electron chi connectivity index (χ4n) is 2.36. The molecule has 0 fully saturated rings. The molecule has 1 N–H and O–H groups in total. The van der Waals surface area contributed by atoms with Crippen LogP contribution in [0, 0.1) is 0 Å². The van der Waals surface area contributed by atoms with Gasteiger partial charge in [-0.25, -0.2) is 5.43 Å². The number of carbonyl (C=O) groups is 1. The predicted molar refractivity (Wildman–Crippen MR) is 116 cm³/mol. The van der Waals surface area contributed by atoms with E-state index in [0.29, 0.717) is 38.6 Å². The summed E-state index contributed by atoms with van der Waals surface area (Å²) in [5, 5.41) is 4.88. The highest BCUT2D eigenvalue weighted by Crippen LogP contribution is 2.31. The molecule has 0 aliphatic heterocycles. The molecule has 1 amide bonds. The third-order valence-electron chi connectivity index (χ3n) is 3.69. The Morgan fingerprint density at radius 1 is 1.17 bits per heavy atom.